The lowest BCUT2D eigenvalue weighted by atomic mass is 9.78. The number of hydrogen-bond donors (Lipinski definition) is 1. The second-order valence-electron chi connectivity index (χ2n) is 10.3. The molecule has 1 N–H and O–H groups in total. The van der Waals surface area contributed by atoms with Crippen molar-refractivity contribution in [1.82, 2.24) is 4.72 Å². The van der Waals surface area contributed by atoms with Gasteiger partial charge in [0, 0.05) is 10.3 Å². The molecule has 0 aliphatic rings. The van der Waals surface area contributed by atoms with E-state index in [4.69, 9.17) is 4.74 Å². The molecule has 1 atom stereocenters. The fraction of sp³-hybridized carbons (Fsp3) is 0.379. The Balaban J connectivity index is 2.33. The van der Waals surface area contributed by atoms with Crippen molar-refractivity contribution in [2.24, 2.45) is 0 Å². The molecular weight excluding hydrogens is 524 g/mol. The second-order valence-corrected chi connectivity index (χ2v) is 12.0. The van der Waals surface area contributed by atoms with E-state index in [-0.39, 0.29) is 29.4 Å². The standard InChI is InChI=1S/C29H31F6NOS/c1-18(2)37-25-12-11-20(16-24(25)31)28(36-38-27(3,4)5,17-19-9-7-6-8-10-19)21-13-22(15-23(30)14-21)29(34,35)26(32)33/h6-16,18,26,36H,17H2,1-5H3. The summed E-state index contributed by atoms with van der Waals surface area (Å²) in [6, 6.07) is 15.4. The maximum Gasteiger partial charge on any atom is 0.332 e. The van der Waals surface area contributed by atoms with Gasteiger partial charge in [0.2, 0.25) is 0 Å². The number of ether oxygens (including phenoxy) is 1. The van der Waals surface area contributed by atoms with Gasteiger partial charge in [-0.3, -0.25) is 0 Å². The Hall–Kier alpha value is -2.65. The largest absolute Gasteiger partial charge is 0.488 e. The molecule has 0 spiro atoms. The third kappa shape index (κ3) is 7.05. The van der Waals surface area contributed by atoms with Crippen LogP contribution in [0.15, 0.2) is 66.7 Å². The summed E-state index contributed by atoms with van der Waals surface area (Å²) in [4.78, 5) is 0. The maximum absolute atomic E-state index is 15.3. The lowest BCUT2D eigenvalue weighted by Crippen LogP contribution is -2.44. The molecule has 3 aromatic carbocycles. The molecule has 0 aliphatic carbocycles. The molecule has 0 saturated heterocycles. The number of alkyl halides is 4. The van der Waals surface area contributed by atoms with E-state index in [2.05, 4.69) is 4.72 Å². The van der Waals surface area contributed by atoms with Gasteiger partial charge in [-0.25, -0.2) is 22.3 Å². The van der Waals surface area contributed by atoms with Crippen molar-refractivity contribution in [1.29, 1.82) is 0 Å². The number of benzene rings is 3. The van der Waals surface area contributed by atoms with Gasteiger partial charge in [-0.15, -0.1) is 0 Å². The Morgan fingerprint density at radius 2 is 1.47 bits per heavy atom. The van der Waals surface area contributed by atoms with Gasteiger partial charge in [0.25, 0.3) is 0 Å². The molecule has 0 amide bonds. The molecule has 0 aliphatic heterocycles. The summed E-state index contributed by atoms with van der Waals surface area (Å²) in [7, 11) is 0. The van der Waals surface area contributed by atoms with E-state index in [9.17, 15) is 22.0 Å². The normalized spacial score (nSPS) is 14.1. The average Bonchev–Trinajstić information content (AvgIpc) is 2.82. The highest BCUT2D eigenvalue weighted by molar-refractivity contribution is 7.98. The maximum atomic E-state index is 15.3. The van der Waals surface area contributed by atoms with Crippen LogP contribution in [0.3, 0.4) is 0 Å². The van der Waals surface area contributed by atoms with E-state index in [1.807, 2.05) is 20.8 Å². The predicted molar refractivity (Wildman–Crippen MR) is 140 cm³/mol. The van der Waals surface area contributed by atoms with Crippen molar-refractivity contribution < 1.29 is 31.1 Å². The third-order valence-electron chi connectivity index (χ3n) is 5.68. The molecule has 206 valence electrons. The SMILES string of the molecule is CC(C)Oc1ccc(C(Cc2ccccc2)(NSC(C)(C)C)c2cc(F)cc(C(F)(F)C(F)F)c2)cc1F. The fourth-order valence-corrected chi connectivity index (χ4v) is 4.73. The minimum absolute atomic E-state index is 0.00926. The van der Waals surface area contributed by atoms with Crippen LogP contribution >= 0.6 is 11.9 Å². The lowest BCUT2D eigenvalue weighted by molar-refractivity contribution is -0.135. The molecule has 0 radical (unpaired) electrons. The van der Waals surface area contributed by atoms with Crippen LogP contribution in [-0.4, -0.2) is 17.3 Å². The Morgan fingerprint density at radius 3 is 2.03 bits per heavy atom. The molecule has 0 bridgehead atoms. The number of rotatable bonds is 10. The van der Waals surface area contributed by atoms with Crippen LogP contribution in [-0.2, 0) is 17.9 Å². The highest BCUT2D eigenvalue weighted by atomic mass is 32.2. The van der Waals surface area contributed by atoms with Crippen LogP contribution < -0.4 is 9.46 Å². The molecule has 0 heterocycles. The minimum Gasteiger partial charge on any atom is -0.488 e. The summed E-state index contributed by atoms with van der Waals surface area (Å²) in [5.41, 5.74) is -1.70. The zero-order chi connectivity index (χ0) is 28.3. The van der Waals surface area contributed by atoms with Crippen LogP contribution in [0, 0.1) is 11.6 Å². The summed E-state index contributed by atoms with van der Waals surface area (Å²) < 4.78 is 94.0. The summed E-state index contributed by atoms with van der Waals surface area (Å²) in [6.45, 7) is 9.19. The Kier molecular flexibility index (Phi) is 9.14. The number of halogens is 6. The minimum atomic E-state index is -4.59. The van der Waals surface area contributed by atoms with Gasteiger partial charge in [-0.2, -0.15) is 8.78 Å². The number of nitrogens with one attached hydrogen (secondary N) is 1. The first-order valence-corrected chi connectivity index (χ1v) is 12.9. The molecule has 0 fully saturated rings. The van der Waals surface area contributed by atoms with Gasteiger partial charge >= 0.3 is 12.3 Å². The van der Waals surface area contributed by atoms with Gasteiger partial charge in [-0.05, 0) is 88.1 Å². The van der Waals surface area contributed by atoms with Gasteiger partial charge in [0.1, 0.15) is 5.82 Å². The zero-order valence-electron chi connectivity index (χ0n) is 21.8. The van der Waals surface area contributed by atoms with E-state index in [0.29, 0.717) is 6.07 Å². The van der Waals surface area contributed by atoms with E-state index in [1.165, 1.54) is 24.1 Å². The van der Waals surface area contributed by atoms with Crippen molar-refractivity contribution in [3.63, 3.8) is 0 Å². The highest BCUT2D eigenvalue weighted by Gasteiger charge is 2.45. The van der Waals surface area contributed by atoms with E-state index < -0.39 is 39.8 Å². The molecule has 38 heavy (non-hydrogen) atoms. The third-order valence-corrected chi connectivity index (χ3v) is 6.74. The summed E-state index contributed by atoms with van der Waals surface area (Å²) in [5, 5.41) is 0. The first-order chi connectivity index (χ1) is 17.6. The van der Waals surface area contributed by atoms with Crippen molar-refractivity contribution in [3.05, 3.63) is 101 Å². The van der Waals surface area contributed by atoms with E-state index in [0.717, 1.165) is 17.7 Å². The van der Waals surface area contributed by atoms with Crippen molar-refractivity contribution in [3.8, 4) is 5.75 Å². The Bertz CT molecular complexity index is 1230. The van der Waals surface area contributed by atoms with Gasteiger partial charge in [-0.1, -0.05) is 48.3 Å². The first kappa shape index (κ1) is 29.9. The zero-order valence-corrected chi connectivity index (χ0v) is 22.6. The lowest BCUT2D eigenvalue weighted by Gasteiger charge is -2.39. The molecular formula is C29H31F6NOS. The van der Waals surface area contributed by atoms with E-state index in [1.54, 1.807) is 50.2 Å². The smallest absolute Gasteiger partial charge is 0.332 e. The molecule has 2 nitrogen and oxygen atoms in total. The number of hydrogen-bond acceptors (Lipinski definition) is 3. The van der Waals surface area contributed by atoms with Gasteiger partial charge < -0.3 is 4.74 Å². The quantitative estimate of drug-likeness (QED) is 0.200. The summed E-state index contributed by atoms with van der Waals surface area (Å²) in [6.07, 6.45) is -4.27. The van der Waals surface area contributed by atoms with Crippen LogP contribution in [0.2, 0.25) is 0 Å². The second kappa shape index (κ2) is 11.6. The molecule has 0 aromatic heterocycles. The molecule has 0 saturated carbocycles. The Morgan fingerprint density at radius 1 is 0.842 bits per heavy atom. The average molecular weight is 556 g/mol. The molecule has 3 aromatic rings. The van der Waals surface area contributed by atoms with Crippen molar-refractivity contribution in [2.45, 2.75) is 69.8 Å². The van der Waals surface area contributed by atoms with Crippen molar-refractivity contribution >= 4 is 11.9 Å². The van der Waals surface area contributed by atoms with Gasteiger partial charge in [0.05, 0.1) is 11.6 Å². The molecule has 1 unspecified atom stereocenters. The fourth-order valence-electron chi connectivity index (χ4n) is 3.94. The van der Waals surface area contributed by atoms with Crippen LogP contribution in [0.4, 0.5) is 26.3 Å². The van der Waals surface area contributed by atoms with Crippen LogP contribution in [0.5, 0.6) is 5.75 Å². The highest BCUT2D eigenvalue weighted by Crippen LogP contribution is 2.42. The van der Waals surface area contributed by atoms with Crippen molar-refractivity contribution in [2.75, 3.05) is 0 Å². The molecule has 9 heteroatoms. The predicted octanol–water partition coefficient (Wildman–Crippen LogP) is 8.63. The van der Waals surface area contributed by atoms with Crippen LogP contribution in [0.25, 0.3) is 0 Å². The van der Waals surface area contributed by atoms with Gasteiger partial charge in [0.15, 0.2) is 11.6 Å². The first-order valence-electron chi connectivity index (χ1n) is 12.1. The van der Waals surface area contributed by atoms with Crippen LogP contribution in [0.1, 0.15) is 56.9 Å². The topological polar surface area (TPSA) is 21.3 Å². The monoisotopic (exact) mass is 555 g/mol. The summed E-state index contributed by atoms with van der Waals surface area (Å²) >= 11 is 1.23. The Labute approximate surface area is 223 Å². The van der Waals surface area contributed by atoms with E-state index >= 15 is 4.39 Å². The molecule has 3 rings (SSSR count). The summed E-state index contributed by atoms with van der Waals surface area (Å²) in [5.74, 6) is -6.42.